The van der Waals surface area contributed by atoms with E-state index in [9.17, 15) is 13.2 Å². The molecule has 0 saturated heterocycles. The van der Waals surface area contributed by atoms with Crippen LogP contribution in [-0.2, 0) is 10.0 Å². The molecule has 0 aromatic heterocycles. The van der Waals surface area contributed by atoms with E-state index < -0.39 is 10.0 Å². The first kappa shape index (κ1) is 24.2. The molecule has 0 saturated carbocycles. The number of rotatable bonds is 8. The van der Waals surface area contributed by atoms with Gasteiger partial charge in [0.2, 0.25) is 0 Å². The second kappa shape index (κ2) is 10.7. The molecule has 0 aliphatic heterocycles. The summed E-state index contributed by atoms with van der Waals surface area (Å²) < 4.78 is 27.1. The summed E-state index contributed by atoms with van der Waals surface area (Å²) in [6.07, 6.45) is 0.800. The Labute approximate surface area is 177 Å². The molecule has 2 rings (SSSR count). The normalized spacial score (nSPS) is 11.0. The predicted molar refractivity (Wildman–Crippen MR) is 116 cm³/mol. The zero-order chi connectivity index (χ0) is 20.0. The van der Waals surface area contributed by atoms with E-state index in [1.807, 2.05) is 19.0 Å². The molecule has 0 fully saturated rings. The van der Waals surface area contributed by atoms with Gasteiger partial charge >= 0.3 is 0 Å². The van der Waals surface area contributed by atoms with Crippen molar-refractivity contribution in [1.29, 1.82) is 0 Å². The van der Waals surface area contributed by atoms with E-state index in [1.165, 1.54) is 25.2 Å². The summed E-state index contributed by atoms with van der Waals surface area (Å²) in [5.41, 5.74) is 0.761. The van der Waals surface area contributed by atoms with Crippen molar-refractivity contribution >= 4 is 45.6 Å². The molecule has 2 aromatic rings. The number of anilines is 1. The number of nitrogens with zero attached hydrogens (tertiary/aromatic N) is 2. The number of nitrogens with one attached hydrogen (secondary N) is 1. The highest BCUT2D eigenvalue weighted by Crippen LogP contribution is 2.28. The second-order valence-corrected chi connectivity index (χ2v) is 8.71. The third-order valence-electron chi connectivity index (χ3n) is 4.02. The molecule has 0 bridgehead atoms. The van der Waals surface area contributed by atoms with E-state index in [0.29, 0.717) is 12.2 Å². The molecule has 0 aliphatic carbocycles. The van der Waals surface area contributed by atoms with Gasteiger partial charge in [-0.25, -0.2) is 8.42 Å². The third-order valence-corrected chi connectivity index (χ3v) is 6.29. The summed E-state index contributed by atoms with van der Waals surface area (Å²) in [6.45, 7) is 1.36. The molecule has 1 N–H and O–H groups in total. The number of carbonyl (C=O) groups is 1. The Morgan fingerprint density at radius 2 is 1.71 bits per heavy atom. The fourth-order valence-corrected chi connectivity index (χ4v) is 4.16. The molecule has 0 aliphatic rings. The minimum absolute atomic E-state index is 0. The van der Waals surface area contributed by atoms with E-state index in [0.717, 1.165) is 17.3 Å². The van der Waals surface area contributed by atoms with Crippen LogP contribution in [0.3, 0.4) is 0 Å². The van der Waals surface area contributed by atoms with Crippen molar-refractivity contribution in [2.45, 2.75) is 11.3 Å². The SMILES string of the molecule is CN(C)CCCNC(=O)c1ccc(Cl)c(S(=O)(=O)N(C)c2ccccc2)c1.Cl. The van der Waals surface area contributed by atoms with Crippen LogP contribution < -0.4 is 9.62 Å². The monoisotopic (exact) mass is 445 g/mol. The van der Waals surface area contributed by atoms with Crippen LogP contribution in [0.5, 0.6) is 0 Å². The van der Waals surface area contributed by atoms with Gasteiger partial charge in [-0.05, 0) is 57.4 Å². The lowest BCUT2D eigenvalue weighted by atomic mass is 10.2. The Morgan fingerprint density at radius 3 is 2.32 bits per heavy atom. The number of halogens is 2. The number of benzene rings is 2. The molecule has 0 radical (unpaired) electrons. The molecular weight excluding hydrogens is 421 g/mol. The average molecular weight is 446 g/mol. The van der Waals surface area contributed by atoms with Crippen LogP contribution in [0.4, 0.5) is 5.69 Å². The zero-order valence-corrected chi connectivity index (χ0v) is 18.4. The summed E-state index contributed by atoms with van der Waals surface area (Å²) in [5.74, 6) is -0.329. The van der Waals surface area contributed by atoms with E-state index in [1.54, 1.807) is 30.3 Å². The van der Waals surface area contributed by atoms with Crippen molar-refractivity contribution in [1.82, 2.24) is 10.2 Å². The van der Waals surface area contributed by atoms with Gasteiger partial charge in [0.1, 0.15) is 4.90 Å². The van der Waals surface area contributed by atoms with Crippen LogP contribution in [0.15, 0.2) is 53.4 Å². The van der Waals surface area contributed by atoms with Gasteiger partial charge in [0.25, 0.3) is 15.9 Å². The lowest BCUT2D eigenvalue weighted by Gasteiger charge is -2.20. The minimum Gasteiger partial charge on any atom is -0.352 e. The Bertz CT molecular complexity index is 891. The third kappa shape index (κ3) is 6.10. The molecule has 154 valence electrons. The molecule has 0 heterocycles. The van der Waals surface area contributed by atoms with Crippen molar-refractivity contribution in [3.05, 3.63) is 59.1 Å². The fraction of sp³-hybridized carbons (Fsp3) is 0.316. The molecule has 9 heteroatoms. The molecule has 1 amide bonds. The van der Waals surface area contributed by atoms with Crippen molar-refractivity contribution in [3.8, 4) is 0 Å². The lowest BCUT2D eigenvalue weighted by molar-refractivity contribution is 0.0952. The molecule has 6 nitrogen and oxygen atoms in total. The Hall–Kier alpha value is -1.80. The minimum atomic E-state index is -3.90. The average Bonchev–Trinajstić information content (AvgIpc) is 2.65. The topological polar surface area (TPSA) is 69.7 Å². The Kier molecular flexibility index (Phi) is 9.23. The zero-order valence-electron chi connectivity index (χ0n) is 16.1. The number of amides is 1. The molecular formula is C19H25Cl2N3O3S. The maximum atomic E-state index is 13.0. The van der Waals surface area contributed by atoms with Crippen LogP contribution in [0.2, 0.25) is 5.02 Å². The molecule has 0 spiro atoms. The molecule has 0 unspecified atom stereocenters. The van der Waals surface area contributed by atoms with E-state index >= 15 is 0 Å². The lowest BCUT2D eigenvalue weighted by Crippen LogP contribution is -2.29. The van der Waals surface area contributed by atoms with Gasteiger partial charge in [0.05, 0.1) is 10.7 Å². The number of hydrogen-bond donors (Lipinski definition) is 1. The summed E-state index contributed by atoms with van der Waals surface area (Å²) in [6, 6.07) is 12.9. The summed E-state index contributed by atoms with van der Waals surface area (Å²) >= 11 is 6.14. The van der Waals surface area contributed by atoms with Gasteiger partial charge in [0, 0.05) is 19.2 Å². The van der Waals surface area contributed by atoms with E-state index in [4.69, 9.17) is 11.6 Å². The Balaban J connectivity index is 0.00000392. The highest BCUT2D eigenvalue weighted by atomic mass is 35.5. The number of hydrogen-bond acceptors (Lipinski definition) is 4. The number of para-hydroxylation sites is 1. The van der Waals surface area contributed by atoms with Crippen molar-refractivity contribution in [2.24, 2.45) is 0 Å². The quantitative estimate of drug-likeness (QED) is 0.632. The van der Waals surface area contributed by atoms with Crippen LogP contribution in [0, 0.1) is 0 Å². The Morgan fingerprint density at radius 1 is 1.07 bits per heavy atom. The largest absolute Gasteiger partial charge is 0.352 e. The van der Waals surface area contributed by atoms with Crippen LogP contribution >= 0.6 is 24.0 Å². The van der Waals surface area contributed by atoms with Crippen molar-refractivity contribution < 1.29 is 13.2 Å². The second-order valence-electron chi connectivity index (χ2n) is 6.37. The molecule has 0 atom stereocenters. The summed E-state index contributed by atoms with van der Waals surface area (Å²) in [4.78, 5) is 14.3. The summed E-state index contributed by atoms with van der Waals surface area (Å²) in [5, 5.41) is 2.87. The van der Waals surface area contributed by atoms with E-state index in [2.05, 4.69) is 5.32 Å². The van der Waals surface area contributed by atoms with Crippen LogP contribution in [-0.4, -0.2) is 53.5 Å². The fourth-order valence-electron chi connectivity index (χ4n) is 2.47. The van der Waals surface area contributed by atoms with Crippen LogP contribution in [0.1, 0.15) is 16.8 Å². The van der Waals surface area contributed by atoms with E-state index in [-0.39, 0.29) is 33.8 Å². The highest BCUT2D eigenvalue weighted by Gasteiger charge is 2.25. The van der Waals surface area contributed by atoms with Gasteiger partial charge in [-0.3, -0.25) is 9.10 Å². The summed E-state index contributed by atoms with van der Waals surface area (Å²) in [7, 11) is 1.47. The number of carbonyl (C=O) groups excluding carboxylic acids is 1. The molecule has 28 heavy (non-hydrogen) atoms. The standard InChI is InChI=1S/C19H24ClN3O3S.ClH/c1-22(2)13-7-12-21-19(24)15-10-11-17(20)18(14-15)27(25,26)23(3)16-8-5-4-6-9-16;/h4-6,8-11,14H,7,12-13H2,1-3H3,(H,21,24);1H. The molecule has 2 aromatic carbocycles. The maximum absolute atomic E-state index is 13.0. The first-order chi connectivity index (χ1) is 12.7. The number of sulfonamides is 1. The van der Waals surface area contributed by atoms with Crippen LogP contribution in [0.25, 0.3) is 0 Å². The van der Waals surface area contributed by atoms with Gasteiger partial charge in [-0.2, -0.15) is 0 Å². The van der Waals surface area contributed by atoms with Gasteiger partial charge in [-0.1, -0.05) is 29.8 Å². The predicted octanol–water partition coefficient (Wildman–Crippen LogP) is 3.27. The van der Waals surface area contributed by atoms with Gasteiger partial charge in [0.15, 0.2) is 0 Å². The van der Waals surface area contributed by atoms with Gasteiger partial charge in [-0.15, -0.1) is 12.4 Å². The first-order valence-corrected chi connectivity index (χ1v) is 10.3. The first-order valence-electron chi connectivity index (χ1n) is 8.50. The maximum Gasteiger partial charge on any atom is 0.265 e. The smallest absolute Gasteiger partial charge is 0.265 e. The van der Waals surface area contributed by atoms with Crippen molar-refractivity contribution in [3.63, 3.8) is 0 Å². The van der Waals surface area contributed by atoms with Crippen molar-refractivity contribution in [2.75, 3.05) is 38.5 Å². The van der Waals surface area contributed by atoms with Gasteiger partial charge < -0.3 is 10.2 Å². The highest BCUT2D eigenvalue weighted by molar-refractivity contribution is 7.93.